The van der Waals surface area contributed by atoms with Crippen LogP contribution in [0.3, 0.4) is 0 Å². The molecule has 0 radical (unpaired) electrons. The standard InChI is InChI=1S/C16H10BrClN2O3/c17-13-6-2-1-4-11(13)14-8-10(23-20-14)9-22-16(21)12-5-3-7-19-15(12)18/h1-8H,9H2. The zero-order valence-corrected chi connectivity index (χ0v) is 14.0. The Morgan fingerprint density at radius 3 is 2.87 bits per heavy atom. The van der Waals surface area contributed by atoms with Crippen LogP contribution in [0.25, 0.3) is 11.3 Å². The SMILES string of the molecule is O=C(OCc1cc(-c2ccccc2Br)no1)c1cccnc1Cl. The second-order valence-corrected chi connectivity index (χ2v) is 5.79. The maximum Gasteiger partial charge on any atom is 0.341 e. The number of ether oxygens (including phenoxy) is 1. The number of nitrogens with zero attached hydrogens (tertiary/aromatic N) is 2. The lowest BCUT2D eigenvalue weighted by atomic mass is 10.1. The lowest BCUT2D eigenvalue weighted by Gasteiger charge is -2.03. The van der Waals surface area contributed by atoms with Crippen molar-refractivity contribution >= 4 is 33.5 Å². The first kappa shape index (κ1) is 15.7. The molecular formula is C16H10BrClN2O3. The van der Waals surface area contributed by atoms with Crippen LogP contribution < -0.4 is 0 Å². The maximum absolute atomic E-state index is 12.0. The predicted molar refractivity (Wildman–Crippen MR) is 88.0 cm³/mol. The Hall–Kier alpha value is -2.18. The fourth-order valence-corrected chi connectivity index (χ4v) is 2.61. The highest BCUT2D eigenvalue weighted by molar-refractivity contribution is 9.10. The van der Waals surface area contributed by atoms with Gasteiger partial charge in [-0.2, -0.15) is 0 Å². The Morgan fingerprint density at radius 1 is 1.26 bits per heavy atom. The van der Waals surface area contributed by atoms with E-state index in [-0.39, 0.29) is 17.3 Å². The van der Waals surface area contributed by atoms with E-state index in [2.05, 4.69) is 26.1 Å². The van der Waals surface area contributed by atoms with Crippen molar-refractivity contribution in [3.8, 4) is 11.3 Å². The average molecular weight is 394 g/mol. The van der Waals surface area contributed by atoms with Crippen molar-refractivity contribution in [2.45, 2.75) is 6.61 Å². The second-order valence-electron chi connectivity index (χ2n) is 4.58. The third-order valence-electron chi connectivity index (χ3n) is 3.03. The van der Waals surface area contributed by atoms with E-state index in [1.54, 1.807) is 18.2 Å². The number of esters is 1. The number of halogens is 2. The zero-order chi connectivity index (χ0) is 16.2. The normalized spacial score (nSPS) is 10.5. The van der Waals surface area contributed by atoms with E-state index in [0.29, 0.717) is 11.5 Å². The Morgan fingerprint density at radius 2 is 2.09 bits per heavy atom. The molecule has 0 N–H and O–H groups in total. The summed E-state index contributed by atoms with van der Waals surface area (Å²) in [4.78, 5) is 15.8. The van der Waals surface area contributed by atoms with Gasteiger partial charge in [0.25, 0.3) is 0 Å². The lowest BCUT2D eigenvalue weighted by molar-refractivity contribution is 0.0437. The highest BCUT2D eigenvalue weighted by Crippen LogP contribution is 2.27. The van der Waals surface area contributed by atoms with Crippen LogP contribution in [0.2, 0.25) is 5.15 Å². The van der Waals surface area contributed by atoms with Gasteiger partial charge in [-0.05, 0) is 18.2 Å². The van der Waals surface area contributed by atoms with Gasteiger partial charge in [-0.15, -0.1) is 0 Å². The van der Waals surface area contributed by atoms with Crippen LogP contribution in [-0.2, 0) is 11.3 Å². The number of hydrogen-bond acceptors (Lipinski definition) is 5. The maximum atomic E-state index is 12.0. The third kappa shape index (κ3) is 3.60. The molecular weight excluding hydrogens is 384 g/mol. The van der Waals surface area contributed by atoms with Gasteiger partial charge in [0.2, 0.25) is 0 Å². The van der Waals surface area contributed by atoms with Gasteiger partial charge in [0, 0.05) is 22.3 Å². The van der Waals surface area contributed by atoms with Crippen molar-refractivity contribution in [1.29, 1.82) is 0 Å². The number of carbonyl (C=O) groups excluding carboxylic acids is 1. The molecule has 0 saturated carbocycles. The van der Waals surface area contributed by atoms with Crippen LogP contribution >= 0.6 is 27.5 Å². The molecule has 0 aliphatic carbocycles. The number of rotatable bonds is 4. The summed E-state index contributed by atoms with van der Waals surface area (Å²) in [7, 11) is 0. The fraction of sp³-hybridized carbons (Fsp3) is 0.0625. The van der Waals surface area contributed by atoms with Crippen LogP contribution in [0.15, 0.2) is 57.7 Å². The van der Waals surface area contributed by atoms with Crippen LogP contribution in [0.1, 0.15) is 16.1 Å². The topological polar surface area (TPSA) is 65.2 Å². The molecule has 2 heterocycles. The molecule has 0 atom stereocenters. The molecule has 2 aromatic heterocycles. The van der Waals surface area contributed by atoms with E-state index in [9.17, 15) is 4.79 Å². The summed E-state index contributed by atoms with van der Waals surface area (Å²) in [5.74, 6) is -0.133. The lowest BCUT2D eigenvalue weighted by Crippen LogP contribution is -2.06. The number of carbonyl (C=O) groups is 1. The molecule has 7 heteroatoms. The number of pyridine rings is 1. The van der Waals surface area contributed by atoms with E-state index in [1.807, 2.05) is 24.3 Å². The van der Waals surface area contributed by atoms with E-state index in [4.69, 9.17) is 20.9 Å². The zero-order valence-electron chi connectivity index (χ0n) is 11.7. The van der Waals surface area contributed by atoms with Crippen molar-refractivity contribution in [2.24, 2.45) is 0 Å². The molecule has 0 aliphatic rings. The molecule has 1 aromatic carbocycles. The first-order chi connectivity index (χ1) is 11.1. The summed E-state index contributed by atoms with van der Waals surface area (Å²) in [5.41, 5.74) is 1.76. The van der Waals surface area contributed by atoms with Crippen molar-refractivity contribution < 1.29 is 14.1 Å². The van der Waals surface area contributed by atoms with E-state index in [0.717, 1.165) is 10.0 Å². The van der Waals surface area contributed by atoms with Crippen molar-refractivity contribution in [2.75, 3.05) is 0 Å². The fourth-order valence-electron chi connectivity index (χ4n) is 1.93. The van der Waals surface area contributed by atoms with Gasteiger partial charge in [0.1, 0.15) is 10.8 Å². The van der Waals surface area contributed by atoms with Gasteiger partial charge in [-0.25, -0.2) is 9.78 Å². The van der Waals surface area contributed by atoms with E-state index < -0.39 is 5.97 Å². The van der Waals surface area contributed by atoms with Gasteiger partial charge < -0.3 is 9.26 Å². The monoisotopic (exact) mass is 392 g/mol. The molecule has 116 valence electrons. The number of aromatic nitrogens is 2. The van der Waals surface area contributed by atoms with Gasteiger partial charge in [-0.1, -0.05) is 50.9 Å². The molecule has 3 aromatic rings. The Bertz CT molecular complexity index is 851. The van der Waals surface area contributed by atoms with Crippen molar-refractivity contribution in [3.05, 3.63) is 69.6 Å². The van der Waals surface area contributed by atoms with E-state index in [1.165, 1.54) is 6.20 Å². The van der Waals surface area contributed by atoms with Crippen LogP contribution in [0.5, 0.6) is 0 Å². The molecule has 0 bridgehead atoms. The largest absolute Gasteiger partial charge is 0.454 e. The highest BCUT2D eigenvalue weighted by Gasteiger charge is 2.14. The van der Waals surface area contributed by atoms with Crippen LogP contribution in [0.4, 0.5) is 0 Å². The predicted octanol–water partition coefficient (Wildman–Crippen LogP) is 4.51. The Kier molecular flexibility index (Phi) is 4.73. The summed E-state index contributed by atoms with van der Waals surface area (Å²) >= 11 is 9.30. The third-order valence-corrected chi connectivity index (χ3v) is 4.03. The number of hydrogen-bond donors (Lipinski definition) is 0. The molecule has 0 unspecified atom stereocenters. The average Bonchev–Trinajstić information content (AvgIpc) is 3.02. The smallest absolute Gasteiger partial charge is 0.341 e. The minimum Gasteiger partial charge on any atom is -0.454 e. The second kappa shape index (κ2) is 6.93. The van der Waals surface area contributed by atoms with E-state index >= 15 is 0 Å². The first-order valence-electron chi connectivity index (χ1n) is 6.63. The summed E-state index contributed by atoms with van der Waals surface area (Å²) in [6, 6.07) is 12.5. The minimum absolute atomic E-state index is 0.0402. The van der Waals surface area contributed by atoms with Gasteiger partial charge in [0.05, 0.1) is 5.56 Å². The van der Waals surface area contributed by atoms with Gasteiger partial charge >= 0.3 is 5.97 Å². The molecule has 0 amide bonds. The summed E-state index contributed by atoms with van der Waals surface area (Å²) in [6.07, 6.45) is 1.50. The van der Waals surface area contributed by atoms with Gasteiger partial charge in [0.15, 0.2) is 12.4 Å². The van der Waals surface area contributed by atoms with Gasteiger partial charge in [-0.3, -0.25) is 0 Å². The molecule has 23 heavy (non-hydrogen) atoms. The minimum atomic E-state index is -0.568. The first-order valence-corrected chi connectivity index (χ1v) is 7.80. The van der Waals surface area contributed by atoms with Crippen LogP contribution in [-0.4, -0.2) is 16.1 Å². The van der Waals surface area contributed by atoms with Crippen molar-refractivity contribution in [1.82, 2.24) is 10.1 Å². The summed E-state index contributed by atoms with van der Waals surface area (Å²) in [6.45, 7) is -0.0402. The summed E-state index contributed by atoms with van der Waals surface area (Å²) < 4.78 is 11.3. The Labute approximate surface area is 145 Å². The number of benzene rings is 1. The molecule has 0 saturated heterocycles. The molecule has 0 spiro atoms. The molecule has 0 aliphatic heterocycles. The molecule has 5 nitrogen and oxygen atoms in total. The van der Waals surface area contributed by atoms with Crippen molar-refractivity contribution in [3.63, 3.8) is 0 Å². The summed E-state index contributed by atoms with van der Waals surface area (Å²) in [5, 5.41) is 4.08. The Balaban J connectivity index is 1.70. The quantitative estimate of drug-likeness (QED) is 0.482. The molecule has 0 fully saturated rings. The van der Waals surface area contributed by atoms with Crippen LogP contribution in [0, 0.1) is 0 Å². The highest BCUT2D eigenvalue weighted by atomic mass is 79.9. The molecule has 3 rings (SSSR count).